The number of carbonyl (C=O) groups excluding carboxylic acids is 3. The van der Waals surface area contributed by atoms with Gasteiger partial charge in [-0.15, -0.1) is 0 Å². The maximum absolute atomic E-state index is 14.1. The van der Waals surface area contributed by atoms with Gasteiger partial charge in [0.15, 0.2) is 5.82 Å². The molecule has 2 saturated heterocycles. The summed E-state index contributed by atoms with van der Waals surface area (Å²) in [5.74, 6) is 0.315. The number of fused-ring (bicyclic) bond motifs is 2. The Morgan fingerprint density at radius 2 is 1.90 bits per heavy atom. The van der Waals surface area contributed by atoms with Gasteiger partial charge in [0.2, 0.25) is 23.7 Å². The van der Waals surface area contributed by atoms with E-state index in [0.29, 0.717) is 41.9 Å². The Labute approximate surface area is 294 Å². The van der Waals surface area contributed by atoms with Crippen LogP contribution in [0.2, 0.25) is 5.02 Å². The van der Waals surface area contributed by atoms with E-state index in [1.54, 1.807) is 15.8 Å². The van der Waals surface area contributed by atoms with Crippen LogP contribution < -0.4 is 25.8 Å². The number of aromatic nitrogens is 4. The number of carbonyl (C=O) groups is 3. The highest BCUT2D eigenvalue weighted by atomic mass is 35.5. The van der Waals surface area contributed by atoms with Crippen LogP contribution >= 0.6 is 11.6 Å². The van der Waals surface area contributed by atoms with E-state index in [2.05, 4.69) is 43.9 Å². The van der Waals surface area contributed by atoms with Crippen LogP contribution in [0.3, 0.4) is 0 Å². The van der Waals surface area contributed by atoms with E-state index < -0.39 is 11.6 Å². The summed E-state index contributed by atoms with van der Waals surface area (Å²) in [6.45, 7) is 7.05. The number of aryl methyl sites for hydroxylation is 1. The molecule has 7 rings (SSSR count). The van der Waals surface area contributed by atoms with E-state index in [0.717, 1.165) is 53.0 Å². The standard InChI is InChI=1S/C36H41ClFN9O3/c1-20-19-46(13-11-27(20)40-23-5-7-24-29(17-23)45(4)44-32(24)25-8-10-30(48)42-34(25)50)35-39-18-26(37)33(43-35)41-22-6-9-28-21(15-22)16-31(49)47(28)14-12-36(2,3)38/h5-7,9,15,17-18,20,25,27,40H,8,10-14,16,19H2,1-4H3,(H,39,41,43)(H,42,48,50)/t20-,25?,27-/m1/s1. The molecular weight excluding hydrogens is 661 g/mol. The molecule has 0 bridgehead atoms. The Kier molecular flexibility index (Phi) is 8.87. The molecular formula is C36H41ClFN9O3. The first-order valence-electron chi connectivity index (χ1n) is 17.1. The fourth-order valence-corrected chi connectivity index (χ4v) is 7.30. The van der Waals surface area contributed by atoms with Crippen molar-refractivity contribution in [2.45, 2.75) is 70.5 Å². The van der Waals surface area contributed by atoms with E-state index in [1.165, 1.54) is 13.8 Å². The molecule has 1 unspecified atom stereocenters. The summed E-state index contributed by atoms with van der Waals surface area (Å²) in [6, 6.07) is 12.0. The van der Waals surface area contributed by atoms with Crippen LogP contribution in [0.4, 0.5) is 33.2 Å². The van der Waals surface area contributed by atoms with Gasteiger partial charge < -0.3 is 20.4 Å². The summed E-state index contributed by atoms with van der Waals surface area (Å²) in [6.07, 6.45) is 3.75. The predicted octanol–water partition coefficient (Wildman–Crippen LogP) is 5.63. The van der Waals surface area contributed by atoms with Crippen molar-refractivity contribution in [1.29, 1.82) is 0 Å². The Morgan fingerprint density at radius 3 is 2.66 bits per heavy atom. The molecule has 2 aromatic carbocycles. The second kappa shape index (κ2) is 13.2. The van der Waals surface area contributed by atoms with Gasteiger partial charge in [-0.1, -0.05) is 18.5 Å². The number of hydrogen-bond donors (Lipinski definition) is 3. The molecule has 14 heteroatoms. The van der Waals surface area contributed by atoms with Crippen molar-refractivity contribution in [2.24, 2.45) is 13.0 Å². The van der Waals surface area contributed by atoms with Crippen molar-refractivity contribution in [3.05, 3.63) is 58.9 Å². The van der Waals surface area contributed by atoms with Crippen molar-refractivity contribution in [2.75, 3.05) is 40.1 Å². The molecule has 3 N–H and O–H groups in total. The zero-order chi connectivity index (χ0) is 35.3. The SMILES string of the molecule is C[C@@H]1CN(c2ncc(Cl)c(Nc3ccc4c(c3)CC(=O)N4CCC(C)(C)F)n2)CC[C@H]1Nc1ccc2c(C3CCC(=O)NC3=O)nn(C)c2c1. The second-order valence-corrected chi connectivity index (χ2v) is 14.6. The Morgan fingerprint density at radius 1 is 1.10 bits per heavy atom. The molecule has 2 fully saturated rings. The van der Waals surface area contributed by atoms with Gasteiger partial charge in [0, 0.05) is 61.6 Å². The first-order valence-corrected chi connectivity index (χ1v) is 17.4. The van der Waals surface area contributed by atoms with Gasteiger partial charge in [-0.05, 0) is 81.0 Å². The summed E-state index contributed by atoms with van der Waals surface area (Å²) in [5.41, 5.74) is 3.68. The summed E-state index contributed by atoms with van der Waals surface area (Å²) in [4.78, 5) is 50.0. The molecule has 0 saturated carbocycles. The third kappa shape index (κ3) is 6.83. The number of halogens is 2. The maximum atomic E-state index is 14.1. The molecule has 262 valence electrons. The maximum Gasteiger partial charge on any atom is 0.235 e. The molecule has 12 nitrogen and oxygen atoms in total. The normalized spacial score (nSPS) is 21.1. The van der Waals surface area contributed by atoms with E-state index in [-0.39, 0.29) is 42.5 Å². The number of benzene rings is 2. The number of rotatable bonds is 9. The molecule has 5 heterocycles. The van der Waals surface area contributed by atoms with Crippen molar-refractivity contribution in [3.8, 4) is 0 Å². The lowest BCUT2D eigenvalue weighted by atomic mass is 9.92. The van der Waals surface area contributed by atoms with Gasteiger partial charge in [-0.25, -0.2) is 9.37 Å². The van der Waals surface area contributed by atoms with E-state index in [9.17, 15) is 18.8 Å². The Bertz CT molecular complexity index is 1990. The molecule has 3 aliphatic rings. The van der Waals surface area contributed by atoms with Crippen LogP contribution in [0.5, 0.6) is 0 Å². The molecule has 3 amide bonds. The highest BCUT2D eigenvalue weighted by molar-refractivity contribution is 6.33. The summed E-state index contributed by atoms with van der Waals surface area (Å²) >= 11 is 6.53. The topological polar surface area (TPSA) is 137 Å². The number of nitrogens with zero attached hydrogens (tertiary/aromatic N) is 6. The molecule has 2 aromatic heterocycles. The van der Waals surface area contributed by atoms with E-state index >= 15 is 0 Å². The number of imide groups is 1. The van der Waals surface area contributed by atoms with Crippen molar-refractivity contribution >= 4 is 69.1 Å². The minimum absolute atomic E-state index is 0.0350. The summed E-state index contributed by atoms with van der Waals surface area (Å²) in [5, 5.41) is 15.4. The van der Waals surface area contributed by atoms with Crippen molar-refractivity contribution < 1.29 is 18.8 Å². The van der Waals surface area contributed by atoms with Gasteiger partial charge in [0.25, 0.3) is 0 Å². The third-order valence-electron chi connectivity index (χ3n) is 9.93. The molecule has 50 heavy (non-hydrogen) atoms. The average molecular weight is 702 g/mol. The Balaban J connectivity index is 1.00. The van der Waals surface area contributed by atoms with Crippen LogP contribution in [0, 0.1) is 5.92 Å². The molecule has 0 spiro atoms. The molecule has 3 aliphatic heterocycles. The van der Waals surface area contributed by atoms with Crippen molar-refractivity contribution in [3.63, 3.8) is 0 Å². The van der Waals surface area contributed by atoms with Gasteiger partial charge in [-0.3, -0.25) is 24.4 Å². The smallest absolute Gasteiger partial charge is 0.235 e. The Hall–Kier alpha value is -4.78. The fourth-order valence-electron chi connectivity index (χ4n) is 7.16. The van der Waals surface area contributed by atoms with Crippen LogP contribution in [0.1, 0.15) is 63.6 Å². The number of alkyl halides is 1. The molecule has 0 aliphatic carbocycles. The molecule has 4 aromatic rings. The monoisotopic (exact) mass is 701 g/mol. The quantitative estimate of drug-likeness (QED) is 0.190. The minimum Gasteiger partial charge on any atom is -0.382 e. The number of hydrogen-bond acceptors (Lipinski definition) is 9. The predicted molar refractivity (Wildman–Crippen MR) is 192 cm³/mol. The zero-order valence-corrected chi connectivity index (χ0v) is 29.4. The molecule has 0 radical (unpaired) electrons. The van der Waals surface area contributed by atoms with E-state index in [1.807, 2.05) is 37.4 Å². The lowest BCUT2D eigenvalue weighted by Gasteiger charge is -2.37. The fraction of sp³-hybridized carbons (Fsp3) is 0.444. The number of nitrogens with one attached hydrogen (secondary N) is 3. The average Bonchev–Trinajstić information content (AvgIpc) is 3.56. The van der Waals surface area contributed by atoms with Crippen LogP contribution in [0.15, 0.2) is 42.6 Å². The first kappa shape index (κ1) is 33.7. The van der Waals surface area contributed by atoms with Gasteiger partial charge in [-0.2, -0.15) is 10.1 Å². The summed E-state index contributed by atoms with van der Waals surface area (Å²) in [7, 11) is 1.87. The largest absolute Gasteiger partial charge is 0.382 e. The number of anilines is 5. The highest BCUT2D eigenvalue weighted by Gasteiger charge is 2.33. The zero-order valence-electron chi connectivity index (χ0n) is 28.6. The van der Waals surface area contributed by atoms with Crippen LogP contribution in [0.25, 0.3) is 10.9 Å². The molecule has 3 atom stereocenters. The summed E-state index contributed by atoms with van der Waals surface area (Å²) < 4.78 is 15.9. The lowest BCUT2D eigenvalue weighted by Crippen LogP contribution is -2.46. The lowest BCUT2D eigenvalue weighted by molar-refractivity contribution is -0.134. The van der Waals surface area contributed by atoms with Crippen molar-refractivity contribution in [1.82, 2.24) is 25.1 Å². The highest BCUT2D eigenvalue weighted by Crippen LogP contribution is 2.35. The number of piperidine rings is 2. The van der Waals surface area contributed by atoms with Gasteiger partial charge >= 0.3 is 0 Å². The second-order valence-electron chi connectivity index (χ2n) is 14.2. The van der Waals surface area contributed by atoms with Crippen LogP contribution in [-0.2, 0) is 27.9 Å². The number of amides is 3. The van der Waals surface area contributed by atoms with E-state index in [4.69, 9.17) is 16.6 Å². The van der Waals surface area contributed by atoms with Gasteiger partial charge in [0.1, 0.15) is 10.7 Å². The minimum atomic E-state index is -1.35. The third-order valence-corrected chi connectivity index (χ3v) is 10.2. The van der Waals surface area contributed by atoms with Gasteiger partial charge in [0.05, 0.1) is 29.7 Å². The van der Waals surface area contributed by atoms with Crippen LogP contribution in [-0.4, -0.2) is 68.8 Å². The first-order chi connectivity index (χ1) is 23.8.